The van der Waals surface area contributed by atoms with Gasteiger partial charge in [0.15, 0.2) is 5.13 Å². The van der Waals surface area contributed by atoms with Crippen LogP contribution in [-0.4, -0.2) is 29.1 Å². The lowest BCUT2D eigenvalue weighted by Crippen LogP contribution is -2.36. The molecule has 0 amide bonds. The van der Waals surface area contributed by atoms with E-state index in [4.69, 9.17) is 0 Å². The second-order valence-corrected chi connectivity index (χ2v) is 6.02. The smallest absolute Gasteiger partial charge is 0.348 e. The Labute approximate surface area is 121 Å². The van der Waals surface area contributed by atoms with Gasteiger partial charge in [-0.3, -0.25) is 0 Å². The molecule has 20 heavy (non-hydrogen) atoms. The quantitative estimate of drug-likeness (QED) is 0.935. The second-order valence-electron chi connectivity index (χ2n) is 5.04. The molecule has 0 radical (unpaired) electrons. The highest BCUT2D eigenvalue weighted by molar-refractivity contribution is 7.17. The topological polar surface area (TPSA) is 53.4 Å². The summed E-state index contributed by atoms with van der Waals surface area (Å²) in [4.78, 5) is 18.4. The van der Waals surface area contributed by atoms with Crippen molar-refractivity contribution in [2.45, 2.75) is 25.3 Å². The molecule has 0 spiro atoms. The first-order valence-corrected chi connectivity index (χ1v) is 7.51. The summed E-state index contributed by atoms with van der Waals surface area (Å²) in [7, 11) is 2.00. The number of anilines is 1. The molecule has 5 heteroatoms. The zero-order valence-electron chi connectivity index (χ0n) is 11.2. The molecule has 3 rings (SSSR count). The van der Waals surface area contributed by atoms with E-state index < -0.39 is 5.97 Å². The van der Waals surface area contributed by atoms with Gasteiger partial charge >= 0.3 is 5.97 Å². The minimum atomic E-state index is -0.908. The van der Waals surface area contributed by atoms with E-state index in [-0.39, 0.29) is 0 Å². The maximum Gasteiger partial charge on any atom is 0.348 e. The number of carbonyl (C=O) groups is 1. The van der Waals surface area contributed by atoms with Crippen molar-refractivity contribution >= 4 is 22.4 Å². The van der Waals surface area contributed by atoms with Crippen molar-refractivity contribution in [1.82, 2.24) is 4.98 Å². The van der Waals surface area contributed by atoms with Crippen molar-refractivity contribution in [3.63, 3.8) is 0 Å². The van der Waals surface area contributed by atoms with Gasteiger partial charge in [-0.25, -0.2) is 9.78 Å². The molecule has 1 aromatic carbocycles. The minimum Gasteiger partial charge on any atom is -0.477 e. The van der Waals surface area contributed by atoms with E-state index in [9.17, 15) is 9.90 Å². The van der Waals surface area contributed by atoms with Crippen molar-refractivity contribution in [1.29, 1.82) is 0 Å². The van der Waals surface area contributed by atoms with Gasteiger partial charge in [-0.15, -0.1) is 0 Å². The third-order valence-corrected chi connectivity index (χ3v) is 4.92. The highest BCUT2D eigenvalue weighted by atomic mass is 32.1. The monoisotopic (exact) mass is 288 g/mol. The second kappa shape index (κ2) is 5.25. The van der Waals surface area contributed by atoms with Gasteiger partial charge in [0.25, 0.3) is 0 Å². The Morgan fingerprint density at radius 3 is 2.60 bits per heavy atom. The number of thiazole rings is 1. The Balaban J connectivity index is 2.00. The lowest BCUT2D eigenvalue weighted by molar-refractivity contribution is 0.0702. The Morgan fingerprint density at radius 2 is 2.05 bits per heavy atom. The van der Waals surface area contributed by atoms with Crippen LogP contribution in [-0.2, 0) is 0 Å². The van der Waals surface area contributed by atoms with Crippen LogP contribution in [0.25, 0.3) is 11.3 Å². The summed E-state index contributed by atoms with van der Waals surface area (Å²) < 4.78 is 0. The lowest BCUT2D eigenvalue weighted by atomic mass is 9.92. The zero-order chi connectivity index (χ0) is 14.1. The Bertz CT molecular complexity index is 620. The average molecular weight is 288 g/mol. The molecule has 0 bridgehead atoms. The van der Waals surface area contributed by atoms with E-state index >= 15 is 0 Å². The molecule has 2 aromatic rings. The van der Waals surface area contributed by atoms with E-state index in [0.717, 1.165) is 10.7 Å². The van der Waals surface area contributed by atoms with Crippen molar-refractivity contribution < 1.29 is 9.90 Å². The van der Waals surface area contributed by atoms with Gasteiger partial charge in [-0.1, -0.05) is 41.7 Å². The summed E-state index contributed by atoms with van der Waals surface area (Å²) in [6, 6.07) is 10.0. The van der Waals surface area contributed by atoms with Crippen LogP contribution in [0.3, 0.4) is 0 Å². The molecular weight excluding hydrogens is 272 g/mol. The summed E-state index contributed by atoms with van der Waals surface area (Å²) in [5.74, 6) is -0.908. The van der Waals surface area contributed by atoms with Gasteiger partial charge in [0, 0.05) is 18.7 Å². The first kappa shape index (κ1) is 13.1. The molecule has 104 valence electrons. The molecular formula is C15H16N2O2S. The molecule has 1 saturated carbocycles. The third-order valence-electron chi connectivity index (χ3n) is 3.78. The van der Waals surface area contributed by atoms with Crippen LogP contribution in [0.2, 0.25) is 0 Å². The average Bonchev–Trinajstić information content (AvgIpc) is 2.83. The highest BCUT2D eigenvalue weighted by Gasteiger charge is 2.27. The SMILES string of the molecule is CN(c1nc(-c2ccccc2)c(C(=O)O)s1)C1CCC1. The fraction of sp³-hybridized carbons (Fsp3) is 0.333. The summed E-state index contributed by atoms with van der Waals surface area (Å²) in [6.07, 6.45) is 3.58. The number of aromatic carboxylic acids is 1. The largest absolute Gasteiger partial charge is 0.477 e. The van der Waals surface area contributed by atoms with E-state index in [1.807, 2.05) is 37.4 Å². The number of hydrogen-bond donors (Lipinski definition) is 1. The van der Waals surface area contributed by atoms with Crippen LogP contribution in [0.15, 0.2) is 30.3 Å². The van der Waals surface area contributed by atoms with E-state index in [1.165, 1.54) is 30.6 Å². The van der Waals surface area contributed by atoms with Gasteiger partial charge in [0.05, 0.1) is 5.69 Å². The number of aromatic nitrogens is 1. The Morgan fingerprint density at radius 1 is 1.35 bits per heavy atom. The first-order chi connectivity index (χ1) is 9.66. The van der Waals surface area contributed by atoms with E-state index in [2.05, 4.69) is 9.88 Å². The molecule has 1 aliphatic carbocycles. The van der Waals surface area contributed by atoms with Crippen molar-refractivity contribution in [2.24, 2.45) is 0 Å². The normalized spacial score (nSPS) is 14.8. The molecule has 1 aromatic heterocycles. The first-order valence-electron chi connectivity index (χ1n) is 6.69. The summed E-state index contributed by atoms with van der Waals surface area (Å²) in [6.45, 7) is 0. The standard InChI is InChI=1S/C15H16N2O2S/c1-17(11-8-5-9-11)15-16-12(13(20-15)14(18)19)10-6-3-2-4-7-10/h2-4,6-7,11H,5,8-9H2,1H3,(H,18,19). The van der Waals surface area contributed by atoms with Crippen LogP contribution >= 0.6 is 11.3 Å². The molecule has 0 saturated heterocycles. The van der Waals surface area contributed by atoms with Crippen molar-refractivity contribution in [2.75, 3.05) is 11.9 Å². The predicted molar refractivity (Wildman–Crippen MR) is 80.6 cm³/mol. The van der Waals surface area contributed by atoms with Gasteiger partial charge in [0.2, 0.25) is 0 Å². The van der Waals surface area contributed by atoms with Crippen LogP contribution in [0, 0.1) is 0 Å². The van der Waals surface area contributed by atoms with Crippen molar-refractivity contribution in [3.8, 4) is 11.3 Å². The number of benzene rings is 1. The number of rotatable bonds is 4. The molecule has 1 N–H and O–H groups in total. The minimum absolute atomic E-state index is 0.317. The third kappa shape index (κ3) is 2.29. The van der Waals surface area contributed by atoms with Gasteiger partial charge in [-0.05, 0) is 19.3 Å². The predicted octanol–water partition coefficient (Wildman–Crippen LogP) is 3.50. The Kier molecular flexibility index (Phi) is 3.44. The molecule has 4 nitrogen and oxygen atoms in total. The number of hydrogen-bond acceptors (Lipinski definition) is 4. The zero-order valence-corrected chi connectivity index (χ0v) is 12.1. The molecule has 0 unspecified atom stereocenters. The highest BCUT2D eigenvalue weighted by Crippen LogP contribution is 2.36. The lowest BCUT2D eigenvalue weighted by Gasteiger charge is -2.34. The van der Waals surface area contributed by atoms with Gasteiger partial charge in [0.1, 0.15) is 4.88 Å². The molecule has 1 heterocycles. The van der Waals surface area contributed by atoms with Gasteiger partial charge < -0.3 is 10.0 Å². The van der Waals surface area contributed by atoms with Crippen molar-refractivity contribution in [3.05, 3.63) is 35.2 Å². The molecule has 1 aliphatic rings. The fourth-order valence-electron chi connectivity index (χ4n) is 2.33. The molecule has 0 atom stereocenters. The van der Waals surface area contributed by atoms with Crippen LogP contribution < -0.4 is 4.90 Å². The van der Waals surface area contributed by atoms with E-state index in [0.29, 0.717) is 16.6 Å². The number of carboxylic acids is 1. The maximum atomic E-state index is 11.4. The Hall–Kier alpha value is -1.88. The van der Waals surface area contributed by atoms with Crippen LogP contribution in [0.4, 0.5) is 5.13 Å². The summed E-state index contributed by atoms with van der Waals surface area (Å²) in [5.41, 5.74) is 1.43. The summed E-state index contributed by atoms with van der Waals surface area (Å²) in [5, 5.41) is 10.2. The van der Waals surface area contributed by atoms with Crippen LogP contribution in [0.5, 0.6) is 0 Å². The maximum absolute atomic E-state index is 11.4. The number of nitrogens with zero attached hydrogens (tertiary/aromatic N) is 2. The van der Waals surface area contributed by atoms with Gasteiger partial charge in [-0.2, -0.15) is 0 Å². The molecule has 0 aliphatic heterocycles. The fourth-order valence-corrected chi connectivity index (χ4v) is 3.29. The molecule has 1 fully saturated rings. The number of carboxylic acid groups (broad SMARTS) is 1. The van der Waals surface area contributed by atoms with Crippen LogP contribution in [0.1, 0.15) is 28.9 Å². The summed E-state index contributed by atoms with van der Waals surface area (Å²) >= 11 is 1.26. The van der Waals surface area contributed by atoms with E-state index in [1.54, 1.807) is 0 Å².